The number of hydrazone groups is 1. The van der Waals surface area contributed by atoms with E-state index in [2.05, 4.69) is 22.4 Å². The van der Waals surface area contributed by atoms with Crippen LogP contribution in [-0.2, 0) is 6.42 Å². The third kappa shape index (κ3) is 4.36. The number of aliphatic imine (C=N–C) groups is 1. The summed E-state index contributed by atoms with van der Waals surface area (Å²) in [7, 11) is 0. The fourth-order valence-electron chi connectivity index (χ4n) is 4.93. The normalized spacial score (nSPS) is 18.8. The SMILES string of the molecule is CC(C)N1N=C(C2CCCC2)c2ccc(Cl)cc2N(c2ccc(CC3=NCCN3)cc2)C1=O. The van der Waals surface area contributed by atoms with Crippen LogP contribution in [0.1, 0.15) is 50.7 Å². The molecule has 2 aliphatic heterocycles. The maximum absolute atomic E-state index is 13.9. The van der Waals surface area contributed by atoms with Gasteiger partial charge in [0.15, 0.2) is 0 Å². The van der Waals surface area contributed by atoms with E-state index < -0.39 is 0 Å². The Morgan fingerprint density at radius 1 is 1.12 bits per heavy atom. The Kier molecular flexibility index (Phi) is 6.11. The number of anilines is 2. The first kappa shape index (κ1) is 22.0. The predicted molar refractivity (Wildman–Crippen MR) is 135 cm³/mol. The van der Waals surface area contributed by atoms with Gasteiger partial charge in [0.2, 0.25) is 0 Å². The molecular formula is C26H30ClN5O. The Morgan fingerprint density at radius 3 is 2.55 bits per heavy atom. The van der Waals surface area contributed by atoms with Gasteiger partial charge in [0.1, 0.15) is 5.84 Å². The first-order valence-corrected chi connectivity index (χ1v) is 12.3. The molecule has 1 fully saturated rings. The predicted octanol–water partition coefficient (Wildman–Crippen LogP) is 5.76. The lowest BCUT2D eigenvalue weighted by molar-refractivity contribution is 0.196. The summed E-state index contributed by atoms with van der Waals surface area (Å²) in [5.74, 6) is 1.38. The van der Waals surface area contributed by atoms with Crippen molar-refractivity contribution in [1.82, 2.24) is 10.3 Å². The third-order valence-electron chi connectivity index (χ3n) is 6.62. The molecule has 6 nitrogen and oxygen atoms in total. The van der Waals surface area contributed by atoms with Crippen molar-refractivity contribution in [3.8, 4) is 0 Å². The highest BCUT2D eigenvalue weighted by atomic mass is 35.5. The Balaban J connectivity index is 1.57. The maximum atomic E-state index is 13.9. The van der Waals surface area contributed by atoms with Crippen LogP contribution in [0.2, 0.25) is 5.02 Å². The molecule has 1 aliphatic carbocycles. The lowest BCUT2D eigenvalue weighted by Crippen LogP contribution is -2.41. The molecule has 0 saturated heterocycles. The maximum Gasteiger partial charge on any atom is 0.349 e. The average molecular weight is 464 g/mol. The second-order valence-electron chi connectivity index (χ2n) is 9.28. The van der Waals surface area contributed by atoms with E-state index >= 15 is 0 Å². The zero-order valence-corrected chi connectivity index (χ0v) is 20.0. The van der Waals surface area contributed by atoms with Gasteiger partial charge in [-0.1, -0.05) is 36.6 Å². The van der Waals surface area contributed by atoms with E-state index in [0.29, 0.717) is 10.9 Å². The van der Waals surface area contributed by atoms with Crippen molar-refractivity contribution >= 4 is 40.6 Å². The van der Waals surface area contributed by atoms with Crippen LogP contribution >= 0.6 is 11.6 Å². The van der Waals surface area contributed by atoms with Crippen molar-refractivity contribution in [2.24, 2.45) is 16.0 Å². The molecule has 2 heterocycles. The number of amides is 2. The minimum absolute atomic E-state index is 0.0630. The Morgan fingerprint density at radius 2 is 1.88 bits per heavy atom. The van der Waals surface area contributed by atoms with Gasteiger partial charge in [-0.25, -0.2) is 9.80 Å². The number of rotatable bonds is 5. The van der Waals surface area contributed by atoms with E-state index in [1.54, 1.807) is 9.91 Å². The molecule has 2 aromatic carbocycles. The molecule has 172 valence electrons. The van der Waals surface area contributed by atoms with Crippen LogP contribution in [0.25, 0.3) is 0 Å². The van der Waals surface area contributed by atoms with Gasteiger partial charge in [-0.15, -0.1) is 0 Å². The van der Waals surface area contributed by atoms with Gasteiger partial charge >= 0.3 is 6.03 Å². The largest absolute Gasteiger partial charge is 0.372 e. The smallest absolute Gasteiger partial charge is 0.349 e. The molecule has 2 aromatic rings. The van der Waals surface area contributed by atoms with E-state index in [1.807, 2.05) is 44.2 Å². The van der Waals surface area contributed by atoms with Gasteiger partial charge in [-0.05, 0) is 62.6 Å². The number of nitrogens with one attached hydrogen (secondary N) is 1. The first-order valence-electron chi connectivity index (χ1n) is 11.9. The molecule has 1 N–H and O–H groups in total. The number of hydrogen-bond donors (Lipinski definition) is 1. The van der Waals surface area contributed by atoms with Crippen LogP contribution in [0.15, 0.2) is 52.6 Å². The Hall–Kier alpha value is -2.86. The summed E-state index contributed by atoms with van der Waals surface area (Å²) < 4.78 is 0. The fraction of sp³-hybridized carbons (Fsp3) is 0.423. The van der Waals surface area contributed by atoms with Gasteiger partial charge in [-0.3, -0.25) is 9.89 Å². The number of fused-ring (bicyclic) bond motifs is 1. The monoisotopic (exact) mass is 463 g/mol. The molecule has 0 spiro atoms. The van der Waals surface area contributed by atoms with E-state index in [4.69, 9.17) is 16.7 Å². The standard InChI is InChI=1S/C26H30ClN5O/c1-17(2)32-26(33)31(21-10-7-18(8-11-21)15-24-28-13-14-29-24)23-16-20(27)9-12-22(23)25(30-32)19-5-3-4-6-19/h7-12,16-17,19H,3-6,13-15H2,1-2H3,(H,28,29). The van der Waals surface area contributed by atoms with Crippen LogP contribution < -0.4 is 10.2 Å². The quantitative estimate of drug-likeness (QED) is 0.612. The molecule has 33 heavy (non-hydrogen) atoms. The highest BCUT2D eigenvalue weighted by Crippen LogP contribution is 2.39. The number of carbonyl (C=O) groups is 1. The zero-order valence-electron chi connectivity index (χ0n) is 19.2. The Bertz CT molecular complexity index is 1100. The summed E-state index contributed by atoms with van der Waals surface area (Å²) in [6, 6.07) is 13.8. The summed E-state index contributed by atoms with van der Waals surface area (Å²) in [6.45, 7) is 5.75. The molecule has 2 amide bonds. The summed E-state index contributed by atoms with van der Waals surface area (Å²) in [4.78, 5) is 20.1. The van der Waals surface area contributed by atoms with Crippen LogP contribution in [0, 0.1) is 5.92 Å². The number of nitrogens with zero attached hydrogens (tertiary/aromatic N) is 4. The van der Waals surface area contributed by atoms with Gasteiger partial charge < -0.3 is 5.32 Å². The average Bonchev–Trinajstić information content (AvgIpc) is 3.49. The minimum atomic E-state index is -0.156. The molecule has 0 unspecified atom stereocenters. The van der Waals surface area contributed by atoms with Gasteiger partial charge in [-0.2, -0.15) is 5.10 Å². The highest BCUT2D eigenvalue weighted by molar-refractivity contribution is 6.31. The lowest BCUT2D eigenvalue weighted by Gasteiger charge is -2.28. The molecule has 7 heteroatoms. The highest BCUT2D eigenvalue weighted by Gasteiger charge is 2.35. The summed E-state index contributed by atoms with van der Waals surface area (Å²) in [5.41, 5.74) is 4.77. The minimum Gasteiger partial charge on any atom is -0.372 e. The number of benzene rings is 2. The van der Waals surface area contributed by atoms with E-state index in [-0.39, 0.29) is 12.1 Å². The molecule has 5 rings (SSSR count). The molecular weight excluding hydrogens is 434 g/mol. The fourth-order valence-corrected chi connectivity index (χ4v) is 5.10. The van der Waals surface area contributed by atoms with Gasteiger partial charge in [0.05, 0.1) is 29.7 Å². The second kappa shape index (κ2) is 9.18. The topological polar surface area (TPSA) is 60.3 Å². The molecule has 1 saturated carbocycles. The number of halogens is 1. The van der Waals surface area contributed by atoms with Crippen LogP contribution in [0.3, 0.4) is 0 Å². The lowest BCUT2D eigenvalue weighted by atomic mass is 9.93. The van der Waals surface area contributed by atoms with Crippen LogP contribution in [0.4, 0.5) is 16.2 Å². The van der Waals surface area contributed by atoms with Crippen molar-refractivity contribution in [3.63, 3.8) is 0 Å². The first-order chi connectivity index (χ1) is 16.0. The van der Waals surface area contributed by atoms with Crippen molar-refractivity contribution in [2.75, 3.05) is 18.0 Å². The van der Waals surface area contributed by atoms with Crippen LogP contribution in [0.5, 0.6) is 0 Å². The number of urea groups is 1. The number of amidine groups is 1. The third-order valence-corrected chi connectivity index (χ3v) is 6.86. The van der Waals surface area contributed by atoms with Gasteiger partial charge in [0.25, 0.3) is 0 Å². The molecule has 0 atom stereocenters. The van der Waals surface area contributed by atoms with E-state index in [1.165, 1.54) is 12.8 Å². The zero-order chi connectivity index (χ0) is 22.9. The van der Waals surface area contributed by atoms with Gasteiger partial charge in [0, 0.05) is 29.5 Å². The van der Waals surface area contributed by atoms with Crippen molar-refractivity contribution < 1.29 is 4.79 Å². The number of hydrogen-bond acceptors (Lipinski definition) is 4. The second-order valence-corrected chi connectivity index (χ2v) is 9.72. The molecule has 0 bridgehead atoms. The van der Waals surface area contributed by atoms with E-state index in [0.717, 1.165) is 66.4 Å². The molecule has 3 aliphatic rings. The van der Waals surface area contributed by atoms with Crippen LogP contribution in [-0.4, -0.2) is 41.7 Å². The van der Waals surface area contributed by atoms with Crippen molar-refractivity contribution in [1.29, 1.82) is 0 Å². The number of carbonyl (C=O) groups excluding carboxylic acids is 1. The summed E-state index contributed by atoms with van der Waals surface area (Å²) >= 11 is 6.45. The van der Waals surface area contributed by atoms with Crippen molar-refractivity contribution in [2.45, 2.75) is 52.0 Å². The molecule has 0 aromatic heterocycles. The summed E-state index contributed by atoms with van der Waals surface area (Å²) in [6.07, 6.45) is 5.38. The molecule has 0 radical (unpaired) electrons. The van der Waals surface area contributed by atoms with Crippen molar-refractivity contribution in [3.05, 3.63) is 58.6 Å². The Labute approximate surface area is 200 Å². The summed E-state index contributed by atoms with van der Waals surface area (Å²) in [5, 5.41) is 10.5. The van der Waals surface area contributed by atoms with E-state index in [9.17, 15) is 4.79 Å².